The molecule has 0 spiro atoms. The summed E-state index contributed by atoms with van der Waals surface area (Å²) in [5, 5.41) is 3.25. The van der Waals surface area contributed by atoms with Gasteiger partial charge in [-0.1, -0.05) is 30.3 Å². The molecule has 0 atom stereocenters. The molecule has 7 heteroatoms. The van der Waals surface area contributed by atoms with Gasteiger partial charge in [-0.25, -0.2) is 4.98 Å². The van der Waals surface area contributed by atoms with E-state index in [4.69, 9.17) is 9.72 Å². The maximum atomic E-state index is 12.8. The molecule has 3 aromatic rings. The van der Waals surface area contributed by atoms with E-state index in [1.54, 1.807) is 0 Å². The Labute approximate surface area is 181 Å². The number of fused-ring (bicyclic) bond motifs is 1. The Morgan fingerprint density at radius 2 is 1.77 bits per heavy atom. The number of nitrogens with zero attached hydrogens (tertiary/aromatic N) is 3. The lowest BCUT2D eigenvalue weighted by Crippen LogP contribution is -2.36. The Morgan fingerprint density at radius 3 is 2.55 bits per heavy atom. The first kappa shape index (κ1) is 19.8. The number of H-pyrrole nitrogens is 1. The number of ether oxygens (including phenoxy) is 1. The van der Waals surface area contributed by atoms with E-state index in [9.17, 15) is 4.79 Å². The molecule has 2 aliphatic heterocycles. The van der Waals surface area contributed by atoms with Crippen LogP contribution in [0, 0.1) is 0 Å². The lowest BCUT2D eigenvalue weighted by Gasteiger charge is -2.29. The smallest absolute Gasteiger partial charge is 0.257 e. The largest absolute Gasteiger partial charge is 0.378 e. The van der Waals surface area contributed by atoms with E-state index >= 15 is 0 Å². The summed E-state index contributed by atoms with van der Waals surface area (Å²) < 4.78 is 5.42. The Kier molecular flexibility index (Phi) is 5.69. The van der Waals surface area contributed by atoms with E-state index < -0.39 is 0 Å². The maximum absolute atomic E-state index is 12.8. The van der Waals surface area contributed by atoms with Gasteiger partial charge < -0.3 is 15.0 Å². The number of rotatable bonds is 5. The van der Waals surface area contributed by atoms with Crippen LogP contribution in [0.25, 0.3) is 0 Å². The van der Waals surface area contributed by atoms with E-state index in [0.29, 0.717) is 12.5 Å². The van der Waals surface area contributed by atoms with Gasteiger partial charge in [0.25, 0.3) is 5.56 Å². The molecule has 2 aromatic carbocycles. The first-order valence-electron chi connectivity index (χ1n) is 10.8. The molecular weight excluding hydrogens is 390 g/mol. The summed E-state index contributed by atoms with van der Waals surface area (Å²) in [4.78, 5) is 25.0. The molecule has 31 heavy (non-hydrogen) atoms. The quantitative estimate of drug-likeness (QED) is 0.665. The predicted molar refractivity (Wildman–Crippen MR) is 122 cm³/mol. The Hall–Kier alpha value is -3.16. The molecule has 5 rings (SSSR count). The molecule has 3 heterocycles. The van der Waals surface area contributed by atoms with Crippen LogP contribution in [0.3, 0.4) is 0 Å². The Bertz CT molecular complexity index is 1080. The van der Waals surface area contributed by atoms with Gasteiger partial charge in [0.15, 0.2) is 0 Å². The second kappa shape index (κ2) is 8.91. The topological polar surface area (TPSA) is 73.5 Å². The van der Waals surface area contributed by atoms with E-state index in [-0.39, 0.29) is 5.56 Å². The van der Waals surface area contributed by atoms with Crippen molar-refractivity contribution in [3.63, 3.8) is 0 Å². The van der Waals surface area contributed by atoms with Crippen LogP contribution in [0.1, 0.15) is 16.8 Å². The number of nitrogens with one attached hydrogen (secondary N) is 2. The molecule has 2 aliphatic rings. The summed E-state index contributed by atoms with van der Waals surface area (Å²) in [6.45, 7) is 5.72. The summed E-state index contributed by atoms with van der Waals surface area (Å²) in [5.74, 6) is 0.499. The van der Waals surface area contributed by atoms with Crippen LogP contribution >= 0.6 is 0 Å². The number of hydrogen-bond acceptors (Lipinski definition) is 6. The fourth-order valence-corrected chi connectivity index (χ4v) is 4.23. The average molecular weight is 418 g/mol. The molecule has 160 valence electrons. The maximum Gasteiger partial charge on any atom is 0.257 e. The third-order valence-electron chi connectivity index (χ3n) is 5.90. The second-order valence-corrected chi connectivity index (χ2v) is 8.06. The highest BCUT2D eigenvalue weighted by Crippen LogP contribution is 2.22. The van der Waals surface area contributed by atoms with E-state index in [2.05, 4.69) is 44.4 Å². The molecule has 0 radical (unpaired) electrons. The van der Waals surface area contributed by atoms with Crippen LogP contribution in [0.2, 0.25) is 0 Å². The molecule has 0 aliphatic carbocycles. The molecular formula is C24H27N5O2. The molecule has 0 bridgehead atoms. The average Bonchev–Trinajstić information content (AvgIpc) is 2.81. The van der Waals surface area contributed by atoms with Crippen LogP contribution in [0.4, 0.5) is 17.3 Å². The highest BCUT2D eigenvalue weighted by atomic mass is 16.5. The third kappa shape index (κ3) is 4.62. The number of aromatic nitrogens is 2. The minimum absolute atomic E-state index is 0.0600. The van der Waals surface area contributed by atoms with Gasteiger partial charge in [0, 0.05) is 50.5 Å². The van der Waals surface area contributed by atoms with Gasteiger partial charge in [0.05, 0.1) is 24.5 Å². The third-order valence-corrected chi connectivity index (χ3v) is 5.90. The highest BCUT2D eigenvalue weighted by molar-refractivity contribution is 5.59. The van der Waals surface area contributed by atoms with Gasteiger partial charge in [-0.15, -0.1) is 0 Å². The predicted octanol–water partition coefficient (Wildman–Crippen LogP) is 2.91. The van der Waals surface area contributed by atoms with Crippen molar-refractivity contribution in [2.45, 2.75) is 19.5 Å². The van der Waals surface area contributed by atoms with Crippen molar-refractivity contribution < 1.29 is 4.74 Å². The Balaban J connectivity index is 1.27. The Morgan fingerprint density at radius 1 is 1.00 bits per heavy atom. The fraction of sp³-hybridized carbons (Fsp3) is 0.333. The molecule has 0 unspecified atom stereocenters. The zero-order chi connectivity index (χ0) is 21.0. The molecule has 0 amide bonds. The zero-order valence-corrected chi connectivity index (χ0v) is 17.5. The van der Waals surface area contributed by atoms with Crippen LogP contribution in [-0.4, -0.2) is 47.7 Å². The molecule has 1 fully saturated rings. The summed E-state index contributed by atoms with van der Waals surface area (Å²) in [6.07, 6.45) is 0.775. The van der Waals surface area contributed by atoms with Gasteiger partial charge in [-0.3, -0.25) is 14.7 Å². The minimum atomic E-state index is -0.0600. The number of anilines is 3. The van der Waals surface area contributed by atoms with E-state index in [0.717, 1.165) is 62.8 Å². The van der Waals surface area contributed by atoms with Crippen molar-refractivity contribution in [1.29, 1.82) is 0 Å². The van der Waals surface area contributed by atoms with Crippen molar-refractivity contribution in [3.8, 4) is 0 Å². The van der Waals surface area contributed by atoms with Gasteiger partial charge in [-0.2, -0.15) is 0 Å². The van der Waals surface area contributed by atoms with Gasteiger partial charge >= 0.3 is 0 Å². The number of hydrogen-bond donors (Lipinski definition) is 2. The molecule has 2 N–H and O–H groups in total. The standard InChI is InChI=1S/C24H27N5O2/c30-23-21-17-28(16-18-4-2-1-3-5-18)11-10-22(21)26-24(27-23)25-19-6-8-20(9-7-19)29-12-14-31-15-13-29/h1-9H,10-17H2,(H2,25,26,27,30). The summed E-state index contributed by atoms with van der Waals surface area (Å²) in [6, 6.07) is 18.6. The SMILES string of the molecule is O=c1[nH]c(Nc2ccc(N3CCOCC3)cc2)nc2c1CN(Cc1ccccc1)CC2. The number of benzene rings is 2. The lowest BCUT2D eigenvalue weighted by atomic mass is 10.1. The number of aromatic amines is 1. The molecule has 1 aromatic heterocycles. The lowest BCUT2D eigenvalue weighted by molar-refractivity contribution is 0.122. The summed E-state index contributed by atoms with van der Waals surface area (Å²) >= 11 is 0. The first-order chi connectivity index (χ1) is 15.2. The van der Waals surface area contributed by atoms with Crippen LogP contribution < -0.4 is 15.8 Å². The summed E-state index contributed by atoms with van der Waals surface area (Å²) in [7, 11) is 0. The first-order valence-corrected chi connectivity index (χ1v) is 10.8. The molecule has 7 nitrogen and oxygen atoms in total. The van der Waals surface area contributed by atoms with E-state index in [1.807, 2.05) is 30.3 Å². The minimum Gasteiger partial charge on any atom is -0.378 e. The van der Waals surface area contributed by atoms with Crippen molar-refractivity contribution in [2.24, 2.45) is 0 Å². The second-order valence-electron chi connectivity index (χ2n) is 8.06. The monoisotopic (exact) mass is 417 g/mol. The fourth-order valence-electron chi connectivity index (χ4n) is 4.23. The van der Waals surface area contributed by atoms with Crippen molar-refractivity contribution in [2.75, 3.05) is 43.1 Å². The van der Waals surface area contributed by atoms with Gasteiger partial charge in [0.1, 0.15) is 0 Å². The van der Waals surface area contributed by atoms with Gasteiger partial charge in [-0.05, 0) is 29.8 Å². The van der Waals surface area contributed by atoms with Crippen LogP contribution in [0.5, 0.6) is 0 Å². The summed E-state index contributed by atoms with van der Waals surface area (Å²) in [5.41, 5.74) is 4.95. The van der Waals surface area contributed by atoms with Crippen molar-refractivity contribution in [3.05, 3.63) is 81.8 Å². The zero-order valence-electron chi connectivity index (χ0n) is 17.5. The highest BCUT2D eigenvalue weighted by Gasteiger charge is 2.21. The van der Waals surface area contributed by atoms with E-state index in [1.165, 1.54) is 11.3 Å². The molecule has 1 saturated heterocycles. The van der Waals surface area contributed by atoms with Gasteiger partial charge in [0.2, 0.25) is 5.95 Å². The normalized spacial score (nSPS) is 16.7. The van der Waals surface area contributed by atoms with Crippen molar-refractivity contribution in [1.82, 2.24) is 14.9 Å². The van der Waals surface area contributed by atoms with Crippen LogP contribution in [0.15, 0.2) is 59.4 Å². The van der Waals surface area contributed by atoms with Crippen molar-refractivity contribution >= 4 is 17.3 Å². The number of morpholine rings is 1. The molecule has 0 saturated carbocycles. The van der Waals surface area contributed by atoms with Crippen LogP contribution in [-0.2, 0) is 24.2 Å².